The molecular formula is C27H31N5O5. The summed E-state index contributed by atoms with van der Waals surface area (Å²) in [7, 11) is 0. The minimum atomic E-state index is -0.658. The van der Waals surface area contributed by atoms with Crippen LogP contribution in [0.3, 0.4) is 0 Å². The van der Waals surface area contributed by atoms with Crippen molar-refractivity contribution >= 4 is 34.5 Å². The van der Waals surface area contributed by atoms with E-state index in [1.807, 2.05) is 13.0 Å². The van der Waals surface area contributed by atoms with Gasteiger partial charge in [-0.3, -0.25) is 19.9 Å². The molecule has 4 rings (SSSR count). The largest absolute Gasteiger partial charge is 0.444 e. The molecule has 0 spiro atoms. The molecule has 1 aliphatic rings. The van der Waals surface area contributed by atoms with E-state index in [9.17, 15) is 14.4 Å². The van der Waals surface area contributed by atoms with Crippen molar-refractivity contribution in [2.45, 2.75) is 46.6 Å². The maximum Gasteiger partial charge on any atom is 0.413 e. The van der Waals surface area contributed by atoms with E-state index in [1.165, 1.54) is 0 Å². The van der Waals surface area contributed by atoms with Crippen molar-refractivity contribution in [1.82, 2.24) is 19.9 Å². The average molecular weight is 506 g/mol. The zero-order valence-electron chi connectivity index (χ0n) is 21.8. The molecule has 0 aromatic carbocycles. The molecule has 1 saturated heterocycles. The number of fused-ring (bicyclic) bond motifs is 1. The van der Waals surface area contributed by atoms with E-state index in [2.05, 4.69) is 15.3 Å². The van der Waals surface area contributed by atoms with Crippen molar-refractivity contribution in [2.24, 2.45) is 0 Å². The summed E-state index contributed by atoms with van der Waals surface area (Å²) in [5.74, 6) is -0.0241. The first-order valence-corrected chi connectivity index (χ1v) is 12.2. The van der Waals surface area contributed by atoms with Crippen LogP contribution in [-0.2, 0) is 9.47 Å². The van der Waals surface area contributed by atoms with Gasteiger partial charge in [-0.1, -0.05) is 6.92 Å². The molecular weight excluding hydrogens is 474 g/mol. The summed E-state index contributed by atoms with van der Waals surface area (Å²) in [5, 5.41) is 3.29. The van der Waals surface area contributed by atoms with Gasteiger partial charge in [0.25, 0.3) is 5.91 Å². The lowest BCUT2D eigenvalue weighted by molar-refractivity contribution is 0.0300. The molecule has 3 aromatic rings. The molecule has 1 fully saturated rings. The lowest BCUT2D eigenvalue weighted by Gasteiger charge is -2.27. The molecule has 1 N–H and O–H groups in total. The van der Waals surface area contributed by atoms with Gasteiger partial charge in [0.15, 0.2) is 5.78 Å². The first-order valence-electron chi connectivity index (χ1n) is 12.2. The SMILES string of the molecule is CCC(=O)c1cc(C)c(-c2cc3cnc(NC(=O)OC(C)(C)C)cc3nc2C(=O)N2CCOCC2)cn1. The number of nitrogens with zero attached hydrogens (tertiary/aromatic N) is 4. The summed E-state index contributed by atoms with van der Waals surface area (Å²) >= 11 is 0. The number of ether oxygens (including phenoxy) is 2. The fourth-order valence-electron chi connectivity index (χ4n) is 4.00. The topological polar surface area (TPSA) is 124 Å². The standard InChI is InChI=1S/C27H31N5O5/c1-6-22(33)21-11-16(2)19(15-28-21)18-12-17-14-29-23(31-26(35)37-27(3,4)5)13-20(17)30-24(18)25(34)32-7-9-36-10-8-32/h11-15H,6-10H2,1-5H3,(H,29,31,35). The molecule has 3 aromatic heterocycles. The Kier molecular flexibility index (Phi) is 7.49. The third-order valence-electron chi connectivity index (χ3n) is 5.84. The minimum Gasteiger partial charge on any atom is -0.444 e. The number of rotatable bonds is 5. The van der Waals surface area contributed by atoms with Gasteiger partial charge in [0.2, 0.25) is 0 Å². The normalized spacial score (nSPS) is 13.9. The van der Waals surface area contributed by atoms with Crippen LogP contribution in [0.2, 0.25) is 0 Å². The van der Waals surface area contributed by atoms with Crippen LogP contribution in [0.4, 0.5) is 10.6 Å². The van der Waals surface area contributed by atoms with Crippen LogP contribution in [0.25, 0.3) is 22.0 Å². The summed E-state index contributed by atoms with van der Waals surface area (Å²) in [4.78, 5) is 53.1. The number of hydrogen-bond donors (Lipinski definition) is 1. The minimum absolute atomic E-state index is 0.0508. The third-order valence-corrected chi connectivity index (χ3v) is 5.84. The molecule has 0 aliphatic carbocycles. The smallest absolute Gasteiger partial charge is 0.413 e. The highest BCUT2D eigenvalue weighted by molar-refractivity contribution is 6.03. The van der Waals surface area contributed by atoms with E-state index in [-0.39, 0.29) is 23.2 Å². The number of nitrogens with one attached hydrogen (secondary N) is 1. The summed E-state index contributed by atoms with van der Waals surface area (Å²) in [5.41, 5.74) is 2.58. The number of Topliss-reactive ketones (excluding diaryl/α,β-unsaturated/α-hetero) is 1. The molecule has 1 aliphatic heterocycles. The summed E-state index contributed by atoms with van der Waals surface area (Å²) in [6.07, 6.45) is 2.92. The molecule has 0 radical (unpaired) electrons. The van der Waals surface area contributed by atoms with Gasteiger partial charge in [0.1, 0.15) is 22.8 Å². The molecule has 0 bridgehead atoms. The number of pyridine rings is 3. The molecule has 37 heavy (non-hydrogen) atoms. The second-order valence-electron chi connectivity index (χ2n) is 9.84. The van der Waals surface area contributed by atoms with Crippen LogP contribution < -0.4 is 5.32 Å². The molecule has 10 nitrogen and oxygen atoms in total. The van der Waals surface area contributed by atoms with Crippen molar-refractivity contribution < 1.29 is 23.9 Å². The Bertz CT molecular complexity index is 1360. The zero-order chi connectivity index (χ0) is 26.7. The highest BCUT2D eigenvalue weighted by Crippen LogP contribution is 2.31. The molecule has 10 heteroatoms. The molecule has 0 unspecified atom stereocenters. The highest BCUT2D eigenvalue weighted by Gasteiger charge is 2.25. The van der Waals surface area contributed by atoms with Crippen LogP contribution in [0, 0.1) is 6.92 Å². The van der Waals surface area contributed by atoms with E-state index < -0.39 is 11.7 Å². The number of hydrogen-bond acceptors (Lipinski definition) is 8. The molecule has 0 atom stereocenters. The van der Waals surface area contributed by atoms with Gasteiger partial charge in [0, 0.05) is 54.5 Å². The summed E-state index contributed by atoms with van der Waals surface area (Å²) in [6.45, 7) is 10.8. The fourth-order valence-corrected chi connectivity index (χ4v) is 4.00. The first kappa shape index (κ1) is 26.2. The lowest BCUT2D eigenvalue weighted by Crippen LogP contribution is -2.41. The Labute approximate surface area is 215 Å². The van der Waals surface area contributed by atoms with Crippen molar-refractivity contribution in [3.63, 3.8) is 0 Å². The maximum atomic E-state index is 13.6. The van der Waals surface area contributed by atoms with Gasteiger partial charge < -0.3 is 14.4 Å². The predicted octanol–water partition coefficient (Wildman–Crippen LogP) is 4.41. The number of aryl methyl sites for hydroxylation is 1. The quantitative estimate of drug-likeness (QED) is 0.506. The number of morpholine rings is 1. The van der Waals surface area contributed by atoms with E-state index in [0.717, 1.165) is 5.56 Å². The molecule has 0 saturated carbocycles. The number of carbonyl (C=O) groups excluding carboxylic acids is 3. The summed E-state index contributed by atoms with van der Waals surface area (Å²) < 4.78 is 10.7. The summed E-state index contributed by atoms with van der Waals surface area (Å²) in [6, 6.07) is 5.18. The predicted molar refractivity (Wildman–Crippen MR) is 139 cm³/mol. The molecule has 2 amide bonds. The van der Waals surface area contributed by atoms with Crippen molar-refractivity contribution in [3.05, 3.63) is 47.5 Å². The van der Waals surface area contributed by atoms with Crippen LogP contribution in [0.15, 0.2) is 30.6 Å². The van der Waals surface area contributed by atoms with Gasteiger partial charge >= 0.3 is 6.09 Å². The average Bonchev–Trinajstić information content (AvgIpc) is 2.86. The third kappa shape index (κ3) is 6.08. The van der Waals surface area contributed by atoms with E-state index in [4.69, 9.17) is 14.5 Å². The van der Waals surface area contributed by atoms with E-state index in [0.29, 0.717) is 60.4 Å². The molecule has 194 valence electrons. The van der Waals surface area contributed by atoms with Gasteiger partial charge in [-0.2, -0.15) is 0 Å². The van der Waals surface area contributed by atoms with Gasteiger partial charge in [0.05, 0.1) is 18.7 Å². The zero-order valence-corrected chi connectivity index (χ0v) is 21.8. The Morgan fingerprint density at radius 2 is 1.78 bits per heavy atom. The van der Waals surface area contributed by atoms with Crippen molar-refractivity contribution in [3.8, 4) is 11.1 Å². The van der Waals surface area contributed by atoms with Gasteiger partial charge in [-0.25, -0.2) is 14.8 Å². The van der Waals surface area contributed by atoms with Crippen molar-refractivity contribution in [1.29, 1.82) is 0 Å². The number of anilines is 1. The Hall–Kier alpha value is -3.92. The van der Waals surface area contributed by atoms with Crippen molar-refractivity contribution in [2.75, 3.05) is 31.6 Å². The van der Waals surface area contributed by atoms with Crippen LogP contribution in [0.1, 0.15) is 60.7 Å². The van der Waals surface area contributed by atoms with Gasteiger partial charge in [-0.05, 0) is 45.4 Å². The number of carbonyl (C=O) groups is 3. The molecule has 4 heterocycles. The maximum absolute atomic E-state index is 13.6. The Balaban J connectivity index is 1.79. The Morgan fingerprint density at radius 3 is 2.43 bits per heavy atom. The highest BCUT2D eigenvalue weighted by atomic mass is 16.6. The lowest BCUT2D eigenvalue weighted by atomic mass is 9.97. The fraction of sp³-hybridized carbons (Fsp3) is 0.407. The van der Waals surface area contributed by atoms with E-state index >= 15 is 0 Å². The van der Waals surface area contributed by atoms with Crippen LogP contribution in [0.5, 0.6) is 0 Å². The second-order valence-corrected chi connectivity index (χ2v) is 9.84. The number of aromatic nitrogens is 3. The van der Waals surface area contributed by atoms with Gasteiger partial charge in [-0.15, -0.1) is 0 Å². The monoisotopic (exact) mass is 505 g/mol. The van der Waals surface area contributed by atoms with Crippen LogP contribution >= 0.6 is 0 Å². The van der Waals surface area contributed by atoms with E-state index in [1.54, 1.807) is 57.1 Å². The number of ketones is 1. The Morgan fingerprint density at radius 1 is 1.05 bits per heavy atom. The number of amides is 2. The van der Waals surface area contributed by atoms with Crippen LogP contribution in [-0.4, -0.2) is 69.5 Å². The first-order chi connectivity index (χ1) is 17.6. The second kappa shape index (κ2) is 10.6.